The van der Waals surface area contributed by atoms with Crippen molar-refractivity contribution in [2.45, 2.75) is 38.5 Å². The smallest absolute Gasteiger partial charge is 0.344 e. The minimum absolute atomic E-state index is 0.0590. The van der Waals surface area contributed by atoms with E-state index in [4.69, 9.17) is 9.15 Å². The van der Waals surface area contributed by atoms with Gasteiger partial charge in [0.15, 0.2) is 0 Å². The molecule has 5 rings (SSSR count). The van der Waals surface area contributed by atoms with Crippen LogP contribution in [-0.4, -0.2) is 36.2 Å². The number of unbranched alkanes of at least 4 members (excludes halogenated alkanes) is 2. The number of nitrogens with zero attached hydrogens (tertiary/aromatic N) is 1. The number of phenolic OH excluding ortho intramolecular Hbond substituents is 1. The molecule has 1 aromatic heterocycles. The van der Waals surface area contributed by atoms with E-state index in [0.717, 1.165) is 34.2 Å². The third-order valence-corrected chi connectivity index (χ3v) is 6.93. The summed E-state index contributed by atoms with van der Waals surface area (Å²) in [6, 6.07) is 22.3. The molecule has 1 N–H and O–H groups in total. The molecule has 0 bridgehead atoms. The van der Waals surface area contributed by atoms with Crippen molar-refractivity contribution >= 4 is 11.0 Å². The van der Waals surface area contributed by atoms with Crippen molar-refractivity contribution in [2.75, 3.05) is 26.2 Å². The predicted octanol–water partition coefficient (Wildman–Crippen LogP) is 6.87. The molecule has 4 aromatic rings. The van der Waals surface area contributed by atoms with Crippen molar-refractivity contribution in [3.05, 3.63) is 83.2 Å². The third kappa shape index (κ3) is 5.63. The largest absolute Gasteiger partial charge is 0.508 e. The summed E-state index contributed by atoms with van der Waals surface area (Å²) in [7, 11) is 0. The van der Waals surface area contributed by atoms with Crippen LogP contribution in [0.2, 0.25) is 0 Å². The number of fused-ring (bicyclic) bond motifs is 1. The number of hydrogen-bond acceptors (Lipinski definition) is 5. The van der Waals surface area contributed by atoms with Gasteiger partial charge in [-0.25, -0.2) is 4.79 Å². The molecule has 1 fully saturated rings. The predicted molar refractivity (Wildman–Crippen MR) is 145 cm³/mol. The van der Waals surface area contributed by atoms with Gasteiger partial charge in [0.25, 0.3) is 0 Å². The van der Waals surface area contributed by atoms with Crippen LogP contribution in [0.25, 0.3) is 33.2 Å². The Kier molecular flexibility index (Phi) is 7.67. The number of likely N-dealkylation sites (tertiary alicyclic amines) is 1. The van der Waals surface area contributed by atoms with E-state index in [2.05, 4.69) is 4.90 Å². The average Bonchev–Trinajstić information content (AvgIpc) is 2.91. The minimum Gasteiger partial charge on any atom is -0.508 e. The van der Waals surface area contributed by atoms with Gasteiger partial charge in [0.05, 0.1) is 12.2 Å². The molecule has 0 amide bonds. The Morgan fingerprint density at radius 2 is 1.56 bits per heavy atom. The van der Waals surface area contributed by atoms with Gasteiger partial charge >= 0.3 is 5.63 Å². The molecule has 1 saturated heterocycles. The number of hydrogen-bond donors (Lipinski definition) is 1. The Bertz CT molecular complexity index is 1340. The highest BCUT2D eigenvalue weighted by molar-refractivity contribution is 6.01. The first-order valence-corrected chi connectivity index (χ1v) is 13.0. The summed E-state index contributed by atoms with van der Waals surface area (Å²) >= 11 is 0. The van der Waals surface area contributed by atoms with Crippen LogP contribution in [0.3, 0.4) is 0 Å². The fraction of sp³-hybridized carbons (Fsp3) is 0.323. The van der Waals surface area contributed by atoms with Crippen molar-refractivity contribution in [1.82, 2.24) is 4.90 Å². The molecular weight excluding hydrogens is 450 g/mol. The second-order valence-corrected chi connectivity index (χ2v) is 9.52. The summed E-state index contributed by atoms with van der Waals surface area (Å²) < 4.78 is 11.6. The molecule has 1 aliphatic heterocycles. The molecule has 5 heteroatoms. The number of phenols is 1. The molecule has 0 radical (unpaired) electrons. The lowest BCUT2D eigenvalue weighted by Gasteiger charge is -2.26. The zero-order chi connectivity index (χ0) is 24.7. The second kappa shape index (κ2) is 11.4. The van der Waals surface area contributed by atoms with Crippen LogP contribution in [0.4, 0.5) is 0 Å². The van der Waals surface area contributed by atoms with Crippen molar-refractivity contribution in [3.8, 4) is 33.8 Å². The number of benzene rings is 3. The number of ether oxygens (including phenoxy) is 1. The van der Waals surface area contributed by atoms with E-state index in [1.165, 1.54) is 57.8 Å². The molecule has 3 aromatic carbocycles. The van der Waals surface area contributed by atoms with E-state index >= 15 is 0 Å². The first kappa shape index (κ1) is 24.1. The topological polar surface area (TPSA) is 62.9 Å². The highest BCUT2D eigenvalue weighted by Gasteiger charge is 2.18. The summed E-state index contributed by atoms with van der Waals surface area (Å²) in [5.41, 5.74) is 2.92. The van der Waals surface area contributed by atoms with E-state index in [0.29, 0.717) is 17.8 Å². The Labute approximate surface area is 212 Å². The zero-order valence-corrected chi connectivity index (χ0v) is 20.6. The summed E-state index contributed by atoms with van der Waals surface area (Å²) in [5, 5.41) is 10.7. The molecule has 0 atom stereocenters. The molecule has 1 aliphatic rings. The average molecular weight is 484 g/mol. The first-order chi connectivity index (χ1) is 17.7. The van der Waals surface area contributed by atoms with Crippen LogP contribution >= 0.6 is 0 Å². The first-order valence-electron chi connectivity index (χ1n) is 13.0. The minimum atomic E-state index is -0.431. The summed E-state index contributed by atoms with van der Waals surface area (Å²) in [6.07, 6.45) is 7.52. The Morgan fingerprint density at radius 3 is 2.33 bits per heavy atom. The lowest BCUT2D eigenvalue weighted by Crippen LogP contribution is -2.30. The maximum Gasteiger partial charge on any atom is 0.344 e. The van der Waals surface area contributed by atoms with Crippen LogP contribution in [0.15, 0.2) is 82.0 Å². The van der Waals surface area contributed by atoms with E-state index < -0.39 is 5.63 Å². The van der Waals surface area contributed by atoms with Gasteiger partial charge in [-0.2, -0.15) is 0 Å². The van der Waals surface area contributed by atoms with E-state index in [9.17, 15) is 9.90 Å². The Morgan fingerprint density at radius 1 is 0.806 bits per heavy atom. The highest BCUT2D eigenvalue weighted by Crippen LogP contribution is 2.37. The summed E-state index contributed by atoms with van der Waals surface area (Å²) in [4.78, 5) is 15.6. The second-order valence-electron chi connectivity index (χ2n) is 9.52. The van der Waals surface area contributed by atoms with Crippen LogP contribution in [0.5, 0.6) is 11.5 Å². The van der Waals surface area contributed by atoms with Gasteiger partial charge in [-0.05, 0) is 87.1 Å². The molecule has 2 heterocycles. The van der Waals surface area contributed by atoms with Crippen LogP contribution in [0, 0.1) is 0 Å². The van der Waals surface area contributed by atoms with Gasteiger partial charge in [0.2, 0.25) is 0 Å². The van der Waals surface area contributed by atoms with Crippen LogP contribution in [-0.2, 0) is 0 Å². The van der Waals surface area contributed by atoms with Gasteiger partial charge in [-0.1, -0.05) is 48.9 Å². The van der Waals surface area contributed by atoms with Gasteiger partial charge < -0.3 is 19.2 Å². The molecular formula is C31H33NO4. The van der Waals surface area contributed by atoms with Gasteiger partial charge in [0, 0.05) is 17.0 Å². The van der Waals surface area contributed by atoms with Gasteiger partial charge in [-0.15, -0.1) is 0 Å². The highest BCUT2D eigenvalue weighted by atomic mass is 16.5. The zero-order valence-electron chi connectivity index (χ0n) is 20.6. The lowest BCUT2D eigenvalue weighted by atomic mass is 9.93. The fourth-order valence-electron chi connectivity index (χ4n) is 5.06. The molecule has 0 aliphatic carbocycles. The molecule has 186 valence electrons. The van der Waals surface area contributed by atoms with Crippen LogP contribution in [0.1, 0.15) is 38.5 Å². The van der Waals surface area contributed by atoms with Gasteiger partial charge in [0.1, 0.15) is 17.1 Å². The number of aromatic hydroxyl groups is 1. The molecule has 0 saturated carbocycles. The monoisotopic (exact) mass is 483 g/mol. The van der Waals surface area contributed by atoms with Crippen molar-refractivity contribution < 1.29 is 14.3 Å². The summed E-state index contributed by atoms with van der Waals surface area (Å²) in [5.74, 6) is 0.879. The normalized spacial score (nSPS) is 14.2. The Balaban J connectivity index is 1.31. The van der Waals surface area contributed by atoms with E-state index in [1.807, 2.05) is 54.6 Å². The molecule has 0 spiro atoms. The molecule has 5 nitrogen and oxygen atoms in total. The lowest BCUT2D eigenvalue weighted by molar-refractivity contribution is 0.221. The third-order valence-electron chi connectivity index (χ3n) is 6.93. The molecule has 36 heavy (non-hydrogen) atoms. The summed E-state index contributed by atoms with van der Waals surface area (Å²) in [6.45, 7) is 4.42. The SMILES string of the molecule is O=c1oc2cc(O)ccc2c(-c2ccc(OCCCCCN3CCCCC3)cc2)c1-c1ccccc1. The van der Waals surface area contributed by atoms with E-state index in [1.54, 1.807) is 12.1 Å². The van der Waals surface area contributed by atoms with Crippen LogP contribution < -0.4 is 10.4 Å². The Hall–Kier alpha value is -3.57. The number of piperidine rings is 1. The molecule has 0 unspecified atom stereocenters. The maximum atomic E-state index is 13.1. The van der Waals surface area contributed by atoms with E-state index in [-0.39, 0.29) is 5.75 Å². The quantitative estimate of drug-likeness (QED) is 0.208. The van der Waals surface area contributed by atoms with Crippen molar-refractivity contribution in [1.29, 1.82) is 0 Å². The maximum absolute atomic E-state index is 13.1. The fourth-order valence-corrected chi connectivity index (χ4v) is 5.06. The van der Waals surface area contributed by atoms with Gasteiger partial charge in [-0.3, -0.25) is 0 Å². The van der Waals surface area contributed by atoms with Crippen molar-refractivity contribution in [2.24, 2.45) is 0 Å². The standard InChI is InChI=1S/C31H33NO4/c33-25-14-17-27-28(22-25)36-31(34)30(23-10-4-1-5-11-23)29(27)24-12-15-26(16-13-24)35-21-9-3-8-20-32-18-6-2-7-19-32/h1,4-5,10-17,22,33H,2-3,6-9,18-21H2. The number of rotatable bonds is 9. The van der Waals surface area contributed by atoms with Crippen molar-refractivity contribution in [3.63, 3.8) is 0 Å².